The molecule has 10 aromatic rings. The Kier molecular flexibility index (Phi) is 3.65. The van der Waals surface area contributed by atoms with Gasteiger partial charge in [0.2, 0.25) is 0 Å². The van der Waals surface area contributed by atoms with Gasteiger partial charge in [0, 0.05) is 0 Å². The number of hydrogen-bond donors (Lipinski definition) is 0. The van der Waals surface area contributed by atoms with Crippen LogP contribution in [-0.2, 0) is 0 Å². The molecule has 0 heterocycles. The highest BCUT2D eigenvalue weighted by molar-refractivity contribution is 6.53. The molecule has 0 heteroatoms. The van der Waals surface area contributed by atoms with Crippen LogP contribution >= 0.6 is 0 Å². The highest BCUT2D eigenvalue weighted by atomic mass is 14.3. The molecule has 0 N–H and O–H groups in total. The minimum absolute atomic E-state index is 1.33. The van der Waals surface area contributed by atoms with Crippen LogP contribution in [0.4, 0.5) is 0 Å². The molecule has 0 nitrogen and oxygen atoms in total. The lowest BCUT2D eigenvalue weighted by Gasteiger charge is -2.24. The highest BCUT2D eigenvalue weighted by Crippen LogP contribution is 2.53. The standard InChI is InChI=1S/C40H24/c1-21-17-19-31-33-23(21)13-7-15-29(33)35-25-9-3-6-12-28(25)38-32-20-18-22(2)24-14-8-16-30(34(24)32)36-26-10-4-5-11-27(26)37(31)39(35)40(36)38/h3-20H,1-2H3. The Morgan fingerprint density at radius 1 is 0.225 bits per heavy atom. The van der Waals surface area contributed by atoms with Crippen molar-refractivity contribution in [3.05, 3.63) is 120 Å². The van der Waals surface area contributed by atoms with Gasteiger partial charge in [-0.2, -0.15) is 0 Å². The van der Waals surface area contributed by atoms with Crippen LogP contribution < -0.4 is 0 Å². The van der Waals surface area contributed by atoms with Crippen molar-refractivity contribution in [2.24, 2.45) is 0 Å². The summed E-state index contributed by atoms with van der Waals surface area (Å²) in [5, 5.41) is 24.7. The molecule has 0 bridgehead atoms. The Hall–Kier alpha value is -4.94. The summed E-state index contributed by atoms with van der Waals surface area (Å²) in [5.41, 5.74) is 2.67. The Labute approximate surface area is 230 Å². The first-order valence-corrected chi connectivity index (χ1v) is 14.2. The van der Waals surface area contributed by atoms with E-state index in [1.165, 1.54) is 108 Å². The van der Waals surface area contributed by atoms with E-state index in [1.807, 2.05) is 0 Å². The Bertz CT molecular complexity index is 2410. The Balaban J connectivity index is 1.74. The second kappa shape index (κ2) is 6.97. The zero-order chi connectivity index (χ0) is 26.3. The van der Waals surface area contributed by atoms with Gasteiger partial charge in [-0.25, -0.2) is 0 Å². The Morgan fingerprint density at radius 2 is 0.525 bits per heavy atom. The molecule has 0 saturated carbocycles. The van der Waals surface area contributed by atoms with Crippen molar-refractivity contribution in [2.45, 2.75) is 13.8 Å². The first kappa shape index (κ1) is 21.0. The minimum atomic E-state index is 1.33. The molecule has 0 aromatic heterocycles. The van der Waals surface area contributed by atoms with Crippen LogP contribution in [0, 0.1) is 13.8 Å². The third-order valence-electron chi connectivity index (χ3n) is 9.78. The van der Waals surface area contributed by atoms with Crippen LogP contribution in [0.5, 0.6) is 0 Å². The molecule has 184 valence electrons. The minimum Gasteiger partial charge on any atom is -0.0616 e. The van der Waals surface area contributed by atoms with Gasteiger partial charge in [-0.1, -0.05) is 109 Å². The molecule has 0 unspecified atom stereocenters. The first-order valence-electron chi connectivity index (χ1n) is 14.2. The van der Waals surface area contributed by atoms with E-state index in [2.05, 4.69) is 123 Å². The van der Waals surface area contributed by atoms with Crippen LogP contribution in [0.2, 0.25) is 0 Å². The van der Waals surface area contributed by atoms with E-state index in [0.29, 0.717) is 0 Å². The number of fused-ring (bicyclic) bond motifs is 10. The maximum atomic E-state index is 2.38. The topological polar surface area (TPSA) is 0 Å². The van der Waals surface area contributed by atoms with Crippen molar-refractivity contribution in [1.29, 1.82) is 0 Å². The summed E-state index contributed by atoms with van der Waals surface area (Å²) in [5.74, 6) is 0. The molecule has 0 saturated heterocycles. The molecule has 40 heavy (non-hydrogen) atoms. The number of aryl methyl sites for hydroxylation is 2. The molecule has 0 aliphatic heterocycles. The van der Waals surface area contributed by atoms with E-state index in [0.717, 1.165) is 0 Å². The molecule has 10 rings (SSSR count). The second-order valence-electron chi connectivity index (χ2n) is 11.7. The summed E-state index contributed by atoms with van der Waals surface area (Å²) in [6.07, 6.45) is 0. The molecular weight excluding hydrogens is 480 g/mol. The van der Waals surface area contributed by atoms with Crippen molar-refractivity contribution in [2.75, 3.05) is 0 Å². The van der Waals surface area contributed by atoms with Gasteiger partial charge in [0.25, 0.3) is 0 Å². The van der Waals surface area contributed by atoms with E-state index in [-0.39, 0.29) is 0 Å². The molecule has 10 aromatic carbocycles. The summed E-state index contributed by atoms with van der Waals surface area (Å²) in [4.78, 5) is 0. The predicted molar refractivity (Wildman–Crippen MR) is 176 cm³/mol. The highest BCUT2D eigenvalue weighted by Gasteiger charge is 2.25. The Morgan fingerprint density at radius 3 is 0.900 bits per heavy atom. The van der Waals surface area contributed by atoms with Crippen molar-refractivity contribution in [3.63, 3.8) is 0 Å². The first-order chi connectivity index (χ1) is 19.7. The van der Waals surface area contributed by atoms with Crippen LogP contribution in [-0.4, -0.2) is 0 Å². The van der Waals surface area contributed by atoms with Gasteiger partial charge in [0.1, 0.15) is 0 Å². The number of rotatable bonds is 0. The third kappa shape index (κ3) is 2.24. The molecular formula is C40H24. The summed E-state index contributed by atoms with van der Waals surface area (Å²) < 4.78 is 0. The average Bonchev–Trinajstić information content (AvgIpc) is 3.00. The normalized spacial score (nSPS) is 12.8. The van der Waals surface area contributed by atoms with Gasteiger partial charge in [-0.05, 0) is 122 Å². The van der Waals surface area contributed by atoms with Gasteiger partial charge >= 0.3 is 0 Å². The largest absolute Gasteiger partial charge is 0.0616 e. The van der Waals surface area contributed by atoms with E-state index < -0.39 is 0 Å². The zero-order valence-corrected chi connectivity index (χ0v) is 22.4. The fraction of sp³-hybridized carbons (Fsp3) is 0.0500. The zero-order valence-electron chi connectivity index (χ0n) is 22.4. The fourth-order valence-electron chi connectivity index (χ4n) is 8.18. The maximum absolute atomic E-state index is 2.38. The molecule has 0 fully saturated rings. The van der Waals surface area contributed by atoms with Gasteiger partial charge in [0.15, 0.2) is 0 Å². The number of hydrogen-bond acceptors (Lipinski definition) is 0. The van der Waals surface area contributed by atoms with Crippen molar-refractivity contribution in [1.82, 2.24) is 0 Å². The predicted octanol–water partition coefficient (Wildman–Crippen LogP) is 11.6. The van der Waals surface area contributed by atoms with E-state index in [9.17, 15) is 0 Å². The second-order valence-corrected chi connectivity index (χ2v) is 11.7. The molecule has 0 aliphatic rings. The summed E-state index contributed by atoms with van der Waals surface area (Å²) >= 11 is 0. The summed E-state index contributed by atoms with van der Waals surface area (Å²) in [6, 6.07) is 41.5. The number of benzene rings is 10. The smallest absolute Gasteiger partial charge is 0.0000929 e. The fourth-order valence-corrected chi connectivity index (χ4v) is 8.18. The van der Waals surface area contributed by atoms with Crippen molar-refractivity contribution >= 4 is 97.0 Å². The van der Waals surface area contributed by atoms with E-state index in [4.69, 9.17) is 0 Å². The van der Waals surface area contributed by atoms with Crippen LogP contribution in [0.3, 0.4) is 0 Å². The van der Waals surface area contributed by atoms with E-state index >= 15 is 0 Å². The molecule has 0 aliphatic carbocycles. The molecule has 0 spiro atoms. The lowest BCUT2D eigenvalue weighted by atomic mass is 9.78. The van der Waals surface area contributed by atoms with E-state index in [1.54, 1.807) is 0 Å². The van der Waals surface area contributed by atoms with Gasteiger partial charge in [0.05, 0.1) is 0 Å². The van der Waals surface area contributed by atoms with Crippen molar-refractivity contribution < 1.29 is 0 Å². The lowest BCUT2D eigenvalue weighted by Crippen LogP contribution is -1.95. The van der Waals surface area contributed by atoms with Crippen LogP contribution in [0.1, 0.15) is 11.1 Å². The summed E-state index contributed by atoms with van der Waals surface area (Å²) in [7, 11) is 0. The van der Waals surface area contributed by atoms with Crippen LogP contribution in [0.15, 0.2) is 109 Å². The third-order valence-corrected chi connectivity index (χ3v) is 9.78. The monoisotopic (exact) mass is 504 g/mol. The molecule has 0 atom stereocenters. The van der Waals surface area contributed by atoms with Crippen molar-refractivity contribution in [3.8, 4) is 0 Å². The average molecular weight is 505 g/mol. The van der Waals surface area contributed by atoms with Crippen LogP contribution in [0.25, 0.3) is 97.0 Å². The van der Waals surface area contributed by atoms with Gasteiger partial charge < -0.3 is 0 Å². The van der Waals surface area contributed by atoms with Gasteiger partial charge in [-0.3, -0.25) is 0 Å². The SMILES string of the molecule is Cc1ccc2c3c1cccc3c1c3ccccc3c3c4ccc(C)c5cccc(c54)c4c5ccccc5c2c1c43. The van der Waals surface area contributed by atoms with Gasteiger partial charge in [-0.15, -0.1) is 0 Å². The lowest BCUT2D eigenvalue weighted by molar-refractivity contribution is 1.55. The molecule has 0 radical (unpaired) electrons. The summed E-state index contributed by atoms with van der Waals surface area (Å²) in [6.45, 7) is 4.49. The maximum Gasteiger partial charge on any atom is -0.0000929 e. The quantitative estimate of drug-likeness (QED) is 0.142. The molecule has 0 amide bonds.